The van der Waals surface area contributed by atoms with Crippen molar-refractivity contribution >= 4 is 23.6 Å². The number of rotatable bonds is 7. The van der Waals surface area contributed by atoms with Gasteiger partial charge in [0.05, 0.1) is 5.71 Å². The van der Waals surface area contributed by atoms with Crippen LogP contribution < -0.4 is 5.32 Å². The van der Waals surface area contributed by atoms with Crippen molar-refractivity contribution < 1.29 is 37.1 Å². The minimum Gasteiger partial charge on any atom is -0.380 e. The summed E-state index contributed by atoms with van der Waals surface area (Å²) in [7, 11) is 0. The molecule has 0 saturated carbocycles. The summed E-state index contributed by atoms with van der Waals surface area (Å²) in [6, 6.07) is 7.91. The van der Waals surface area contributed by atoms with Gasteiger partial charge >= 0.3 is 6.18 Å². The summed E-state index contributed by atoms with van der Waals surface area (Å²) < 4.78 is 56.4. The normalized spacial score (nSPS) is 17.5. The van der Waals surface area contributed by atoms with E-state index in [9.17, 15) is 32.3 Å². The van der Waals surface area contributed by atoms with Crippen molar-refractivity contribution in [1.29, 1.82) is 0 Å². The zero-order valence-electron chi connectivity index (χ0n) is 19.7. The molecule has 1 amide bonds. The summed E-state index contributed by atoms with van der Waals surface area (Å²) in [4.78, 5) is 29.1. The number of aldehydes is 1. The lowest BCUT2D eigenvalue weighted by Crippen LogP contribution is -2.57. The number of carbonyl (C=O) groups excluding carboxylic acids is 2. The van der Waals surface area contributed by atoms with Gasteiger partial charge in [-0.05, 0) is 54.2 Å². The topological polar surface area (TPSA) is 88.0 Å². The molecule has 1 aliphatic rings. The number of hydrogen-bond donors (Lipinski definition) is 2. The first-order valence-corrected chi connectivity index (χ1v) is 10.9. The Morgan fingerprint density at radius 1 is 1.20 bits per heavy atom. The molecule has 2 unspecified atom stereocenters. The van der Waals surface area contributed by atoms with Crippen LogP contribution in [0.3, 0.4) is 0 Å². The second-order valence-electron chi connectivity index (χ2n) is 9.17. The number of alkyl halides is 3. The fourth-order valence-corrected chi connectivity index (χ4v) is 4.30. The Morgan fingerprint density at radius 2 is 1.89 bits per heavy atom. The van der Waals surface area contributed by atoms with Crippen LogP contribution in [-0.4, -0.2) is 34.8 Å². The van der Waals surface area contributed by atoms with Crippen LogP contribution in [0.1, 0.15) is 62.5 Å². The van der Waals surface area contributed by atoms with E-state index in [0.29, 0.717) is 35.1 Å². The van der Waals surface area contributed by atoms with Gasteiger partial charge in [-0.3, -0.25) is 9.59 Å². The molecule has 1 aliphatic heterocycles. The maximum absolute atomic E-state index is 14.1. The van der Waals surface area contributed by atoms with Gasteiger partial charge in [0.1, 0.15) is 5.82 Å². The monoisotopic (exact) mass is 494 g/mol. The molecule has 2 aromatic rings. The number of benzene rings is 2. The van der Waals surface area contributed by atoms with Gasteiger partial charge in [0.25, 0.3) is 5.91 Å². The van der Waals surface area contributed by atoms with Crippen LogP contribution >= 0.6 is 0 Å². The number of amides is 1. The number of hydrogen-bond acceptors (Lipinski definition) is 5. The van der Waals surface area contributed by atoms with E-state index in [1.807, 2.05) is 0 Å². The SMILES string of the molecule is CCc1ccc(F)cc1C(C)(C)CC(O)(C(=O)Nc1ccc2c(c1)C(C)=NOC2C=O)C(F)(F)F. The summed E-state index contributed by atoms with van der Waals surface area (Å²) in [5.74, 6) is -2.31. The smallest absolute Gasteiger partial charge is 0.380 e. The first-order valence-electron chi connectivity index (χ1n) is 10.9. The lowest BCUT2D eigenvalue weighted by molar-refractivity contribution is -0.254. The first-order chi connectivity index (χ1) is 16.2. The lowest BCUT2D eigenvalue weighted by Gasteiger charge is -2.37. The average Bonchev–Trinajstić information content (AvgIpc) is 2.78. The molecule has 2 atom stereocenters. The van der Waals surface area contributed by atoms with Gasteiger partial charge in [-0.15, -0.1) is 0 Å². The fraction of sp³-hybridized carbons (Fsp3) is 0.400. The van der Waals surface area contributed by atoms with Gasteiger partial charge < -0.3 is 15.3 Å². The number of carbonyl (C=O) groups is 2. The number of aliphatic hydroxyl groups is 1. The first kappa shape index (κ1) is 26.3. The van der Waals surface area contributed by atoms with Gasteiger partial charge in [0.15, 0.2) is 6.29 Å². The van der Waals surface area contributed by atoms with Crippen molar-refractivity contribution in [2.75, 3.05) is 5.32 Å². The minimum atomic E-state index is -5.32. The summed E-state index contributed by atoms with van der Waals surface area (Å²) in [6.45, 7) is 6.19. The van der Waals surface area contributed by atoms with E-state index in [2.05, 4.69) is 10.5 Å². The Hall–Kier alpha value is -3.27. The van der Waals surface area contributed by atoms with Crippen LogP contribution in [0.25, 0.3) is 0 Å². The van der Waals surface area contributed by atoms with E-state index >= 15 is 0 Å². The number of fused-ring (bicyclic) bond motifs is 1. The third kappa shape index (κ3) is 5.07. The quantitative estimate of drug-likeness (QED) is 0.420. The third-order valence-corrected chi connectivity index (χ3v) is 6.16. The standard InChI is InChI=1S/C25H26F4N2O4/c1-5-15-6-7-16(26)10-20(15)23(3,4)13-24(34,25(27,28)29)22(33)30-17-8-9-18-19(11-17)14(2)31-35-21(18)12-32/h6-12,21,34H,5,13H2,1-4H3,(H,30,33). The van der Waals surface area contributed by atoms with E-state index in [0.717, 1.165) is 6.07 Å². The van der Waals surface area contributed by atoms with Crippen LogP contribution in [0.4, 0.5) is 23.2 Å². The molecule has 0 bridgehead atoms. The summed E-state index contributed by atoms with van der Waals surface area (Å²) >= 11 is 0. The predicted octanol–water partition coefficient (Wildman–Crippen LogP) is 4.98. The van der Waals surface area contributed by atoms with Crippen molar-refractivity contribution in [3.63, 3.8) is 0 Å². The number of nitrogens with zero attached hydrogens (tertiary/aromatic N) is 1. The Kier molecular flexibility index (Phi) is 7.08. The molecule has 188 valence electrons. The van der Waals surface area contributed by atoms with Crippen LogP contribution in [-0.2, 0) is 26.3 Å². The van der Waals surface area contributed by atoms with Crippen LogP contribution in [0.2, 0.25) is 0 Å². The Balaban J connectivity index is 1.96. The molecule has 0 saturated heterocycles. The maximum Gasteiger partial charge on any atom is 0.426 e. The molecule has 6 nitrogen and oxygen atoms in total. The largest absolute Gasteiger partial charge is 0.426 e. The van der Waals surface area contributed by atoms with Crippen molar-refractivity contribution in [3.05, 3.63) is 64.5 Å². The Labute approximate surface area is 200 Å². The van der Waals surface area contributed by atoms with Crippen molar-refractivity contribution in [1.82, 2.24) is 0 Å². The van der Waals surface area contributed by atoms with E-state index in [4.69, 9.17) is 4.84 Å². The van der Waals surface area contributed by atoms with E-state index in [1.165, 1.54) is 44.2 Å². The van der Waals surface area contributed by atoms with Crippen LogP contribution in [0, 0.1) is 5.82 Å². The molecule has 3 rings (SSSR count). The molecule has 0 spiro atoms. The van der Waals surface area contributed by atoms with Crippen LogP contribution in [0.15, 0.2) is 41.6 Å². The van der Waals surface area contributed by atoms with E-state index < -0.39 is 41.4 Å². The minimum absolute atomic E-state index is 0.0321. The number of anilines is 1. The third-order valence-electron chi connectivity index (χ3n) is 6.16. The number of aryl methyl sites for hydroxylation is 1. The number of halogens is 4. The number of oxime groups is 1. The van der Waals surface area contributed by atoms with Gasteiger partial charge in [-0.25, -0.2) is 4.39 Å². The molecule has 0 aromatic heterocycles. The predicted molar refractivity (Wildman–Crippen MR) is 122 cm³/mol. The second kappa shape index (κ2) is 9.41. The van der Waals surface area contributed by atoms with Gasteiger partial charge in [-0.1, -0.05) is 38.1 Å². The molecular weight excluding hydrogens is 468 g/mol. The molecule has 2 N–H and O–H groups in total. The molecule has 35 heavy (non-hydrogen) atoms. The van der Waals surface area contributed by atoms with Crippen molar-refractivity contribution in [2.24, 2.45) is 5.16 Å². The highest BCUT2D eigenvalue weighted by molar-refractivity contribution is 6.04. The highest BCUT2D eigenvalue weighted by Gasteiger charge is 2.61. The van der Waals surface area contributed by atoms with Crippen molar-refractivity contribution in [3.8, 4) is 0 Å². The molecule has 0 aliphatic carbocycles. The Morgan fingerprint density at radius 3 is 2.49 bits per heavy atom. The lowest BCUT2D eigenvalue weighted by atomic mass is 9.72. The average molecular weight is 494 g/mol. The van der Waals surface area contributed by atoms with E-state index in [-0.39, 0.29) is 11.3 Å². The summed E-state index contributed by atoms with van der Waals surface area (Å²) in [5, 5.41) is 16.6. The molecule has 0 radical (unpaired) electrons. The molecule has 1 heterocycles. The van der Waals surface area contributed by atoms with Crippen LogP contribution in [0.5, 0.6) is 0 Å². The summed E-state index contributed by atoms with van der Waals surface area (Å²) in [6.07, 6.45) is -6.40. The molecule has 0 fully saturated rings. The van der Waals surface area contributed by atoms with Crippen molar-refractivity contribution in [2.45, 2.75) is 63.8 Å². The molecular formula is C25H26F4N2O4. The summed E-state index contributed by atoms with van der Waals surface area (Å²) in [5.41, 5.74) is -3.13. The van der Waals surface area contributed by atoms with E-state index in [1.54, 1.807) is 13.8 Å². The highest BCUT2D eigenvalue weighted by atomic mass is 19.4. The Bertz CT molecular complexity index is 1180. The number of nitrogens with one attached hydrogen (secondary N) is 1. The maximum atomic E-state index is 14.1. The van der Waals surface area contributed by atoms with Gasteiger partial charge in [0.2, 0.25) is 11.7 Å². The zero-order valence-corrected chi connectivity index (χ0v) is 19.7. The van der Waals surface area contributed by atoms with Gasteiger partial charge in [0, 0.05) is 23.2 Å². The fourth-order valence-electron chi connectivity index (χ4n) is 4.30. The van der Waals surface area contributed by atoms with Gasteiger partial charge in [-0.2, -0.15) is 13.2 Å². The molecule has 10 heteroatoms. The molecule has 2 aromatic carbocycles. The highest BCUT2D eigenvalue weighted by Crippen LogP contribution is 2.43. The second-order valence-corrected chi connectivity index (χ2v) is 9.17. The zero-order chi connectivity index (χ0) is 26.2.